The van der Waals surface area contributed by atoms with Crippen LogP contribution in [0.1, 0.15) is 24.8 Å². The first-order valence-corrected chi connectivity index (χ1v) is 12.3. The average Bonchev–Trinajstić information content (AvgIpc) is 2.78. The van der Waals surface area contributed by atoms with Gasteiger partial charge in [0.25, 0.3) is 0 Å². The fourth-order valence-corrected chi connectivity index (χ4v) is 7.01. The van der Waals surface area contributed by atoms with Crippen molar-refractivity contribution in [3.05, 3.63) is 48.0 Å². The number of nitrogens with two attached hydrogens (primary N) is 1. The normalized spacial score (nSPS) is 22.7. The summed E-state index contributed by atoms with van der Waals surface area (Å²) in [5.74, 6) is -0.936. The number of aliphatic imine (C=N–C) groups is 1. The predicted octanol–water partition coefficient (Wildman–Crippen LogP) is 2.79. The number of pyridine rings is 1. The van der Waals surface area contributed by atoms with Gasteiger partial charge >= 0.3 is 0 Å². The van der Waals surface area contributed by atoms with Crippen molar-refractivity contribution in [2.75, 3.05) is 24.9 Å². The van der Waals surface area contributed by atoms with Crippen molar-refractivity contribution in [2.24, 2.45) is 10.7 Å². The molecule has 0 saturated heterocycles. The molecule has 0 amide bonds. The first-order chi connectivity index (χ1) is 16.2. The smallest absolute Gasteiger partial charge is 0.232 e. The molecule has 1 saturated carbocycles. The monoisotopic (exact) mass is 488 g/mol. The topological polar surface area (TPSA) is 132 Å². The van der Waals surface area contributed by atoms with Gasteiger partial charge in [-0.1, -0.05) is 0 Å². The van der Waals surface area contributed by atoms with Crippen molar-refractivity contribution in [1.29, 1.82) is 0 Å². The highest BCUT2D eigenvalue weighted by atomic mass is 32.2. The van der Waals surface area contributed by atoms with Gasteiger partial charge in [-0.2, -0.15) is 0 Å². The van der Waals surface area contributed by atoms with E-state index in [1.54, 1.807) is 6.07 Å². The van der Waals surface area contributed by atoms with Gasteiger partial charge in [-0.3, -0.25) is 4.99 Å². The minimum absolute atomic E-state index is 0.152. The fourth-order valence-electron chi connectivity index (χ4n) is 4.53. The number of ether oxygens (including phenoxy) is 1. The predicted molar refractivity (Wildman–Crippen MR) is 123 cm³/mol. The summed E-state index contributed by atoms with van der Waals surface area (Å²) in [5, 5.41) is 3.03. The molecule has 3 N–H and O–H groups in total. The maximum absolute atomic E-state index is 15.0. The molecule has 5 rings (SSSR count). The van der Waals surface area contributed by atoms with Gasteiger partial charge in [-0.05, 0) is 43.5 Å². The second-order valence-electron chi connectivity index (χ2n) is 8.53. The molecule has 1 aromatic carbocycles. The van der Waals surface area contributed by atoms with E-state index in [1.807, 2.05) is 0 Å². The van der Waals surface area contributed by atoms with Gasteiger partial charge in [0, 0.05) is 17.4 Å². The number of anilines is 2. The molecular weight excluding hydrogens is 466 g/mol. The zero-order chi connectivity index (χ0) is 24.1. The number of hydrogen-bond donors (Lipinski definition) is 2. The van der Waals surface area contributed by atoms with Crippen LogP contribution in [0.5, 0.6) is 5.88 Å². The Hall–Kier alpha value is -3.41. The number of hydrogen-bond acceptors (Lipinski definition) is 9. The molecule has 0 bridgehead atoms. The lowest BCUT2D eigenvalue weighted by Gasteiger charge is -2.46. The molecule has 0 unspecified atom stereocenters. The van der Waals surface area contributed by atoms with E-state index in [4.69, 9.17) is 10.5 Å². The number of rotatable bonds is 5. The SMILES string of the molecule is COc1cnc2c(Nc3ccc(F)c([C@]4(CF)CS(=O)(=O)C5(CCC5)C(N)=N4)c3)nccc2n1. The molecule has 9 nitrogen and oxygen atoms in total. The summed E-state index contributed by atoms with van der Waals surface area (Å²) in [6, 6.07) is 5.54. The van der Waals surface area contributed by atoms with Crippen molar-refractivity contribution in [3.8, 4) is 5.88 Å². The second kappa shape index (κ2) is 7.83. The van der Waals surface area contributed by atoms with Crippen LogP contribution >= 0.6 is 0 Å². The van der Waals surface area contributed by atoms with Gasteiger partial charge in [0.1, 0.15) is 34.1 Å². The van der Waals surface area contributed by atoms with Gasteiger partial charge in [0.15, 0.2) is 15.7 Å². The minimum atomic E-state index is -3.85. The van der Waals surface area contributed by atoms with Crippen LogP contribution < -0.4 is 15.8 Å². The van der Waals surface area contributed by atoms with Gasteiger partial charge in [-0.25, -0.2) is 32.2 Å². The Morgan fingerprint density at radius 2 is 2.03 bits per heavy atom. The van der Waals surface area contributed by atoms with Crippen molar-refractivity contribution in [2.45, 2.75) is 29.5 Å². The molecule has 3 aromatic rings. The van der Waals surface area contributed by atoms with Crippen LogP contribution in [0.25, 0.3) is 11.0 Å². The van der Waals surface area contributed by atoms with E-state index in [-0.39, 0.29) is 11.4 Å². The molecule has 1 spiro atoms. The molecule has 1 fully saturated rings. The lowest BCUT2D eigenvalue weighted by atomic mass is 9.82. The molecule has 2 aromatic heterocycles. The quantitative estimate of drug-likeness (QED) is 0.560. The molecule has 2 aliphatic rings. The van der Waals surface area contributed by atoms with E-state index >= 15 is 0 Å². The summed E-state index contributed by atoms with van der Waals surface area (Å²) < 4.78 is 59.5. The highest BCUT2D eigenvalue weighted by Gasteiger charge is 2.59. The van der Waals surface area contributed by atoms with Crippen LogP contribution in [0, 0.1) is 5.82 Å². The Kier molecular flexibility index (Phi) is 5.15. The Bertz CT molecular complexity index is 1430. The van der Waals surface area contributed by atoms with E-state index in [0.29, 0.717) is 47.7 Å². The molecule has 0 radical (unpaired) electrons. The number of benzene rings is 1. The molecule has 1 aliphatic heterocycles. The molecule has 178 valence electrons. The van der Waals surface area contributed by atoms with Gasteiger partial charge < -0.3 is 15.8 Å². The first-order valence-electron chi connectivity index (χ1n) is 10.6. The summed E-state index contributed by atoms with van der Waals surface area (Å²) >= 11 is 0. The highest BCUT2D eigenvalue weighted by Crippen LogP contribution is 2.47. The van der Waals surface area contributed by atoms with Crippen LogP contribution in [-0.4, -0.2) is 53.5 Å². The number of nitrogens with one attached hydrogen (secondary N) is 1. The summed E-state index contributed by atoms with van der Waals surface area (Å²) in [4.78, 5) is 17.1. The standard InChI is InChI=1S/C22H22F2N6O3S/c1-33-17-10-27-18-16(29-17)5-8-26-19(18)28-13-3-4-15(24)14(9-13)21(11-23)12-34(31,32)22(6-2-7-22)20(25)30-21/h3-5,8-10H,2,6-7,11-12H2,1H3,(H2,25,30)(H,26,28)/t21-/m0/s1. The summed E-state index contributed by atoms with van der Waals surface area (Å²) in [7, 11) is -2.38. The van der Waals surface area contributed by atoms with Crippen molar-refractivity contribution >= 4 is 38.2 Å². The van der Waals surface area contributed by atoms with Crippen molar-refractivity contribution in [1.82, 2.24) is 15.0 Å². The largest absolute Gasteiger partial charge is 0.480 e. The third-order valence-electron chi connectivity index (χ3n) is 6.58. The first kappa shape index (κ1) is 22.4. The second-order valence-corrected chi connectivity index (χ2v) is 10.8. The van der Waals surface area contributed by atoms with Crippen molar-refractivity contribution in [3.63, 3.8) is 0 Å². The number of alkyl halides is 1. The van der Waals surface area contributed by atoms with Gasteiger partial charge in [-0.15, -0.1) is 0 Å². The van der Waals surface area contributed by atoms with Crippen LogP contribution in [-0.2, 0) is 15.4 Å². The number of aromatic nitrogens is 3. The van der Waals surface area contributed by atoms with E-state index in [0.717, 1.165) is 6.07 Å². The lowest BCUT2D eigenvalue weighted by molar-refractivity contribution is 0.311. The minimum Gasteiger partial charge on any atom is -0.480 e. The van der Waals surface area contributed by atoms with E-state index < -0.39 is 38.4 Å². The number of sulfone groups is 1. The summed E-state index contributed by atoms with van der Waals surface area (Å²) in [6.07, 6.45) is 4.33. The van der Waals surface area contributed by atoms with E-state index in [2.05, 4.69) is 25.3 Å². The van der Waals surface area contributed by atoms with Crippen LogP contribution in [0.15, 0.2) is 41.7 Å². The molecule has 1 atom stereocenters. The van der Waals surface area contributed by atoms with Crippen LogP contribution in [0.3, 0.4) is 0 Å². The molecule has 34 heavy (non-hydrogen) atoms. The van der Waals surface area contributed by atoms with Gasteiger partial charge in [0.05, 0.1) is 24.6 Å². The molecule has 3 heterocycles. The fraction of sp³-hybridized carbons (Fsp3) is 0.364. The summed E-state index contributed by atoms with van der Waals surface area (Å²) in [6.45, 7) is -1.22. The number of amidine groups is 1. The average molecular weight is 489 g/mol. The van der Waals surface area contributed by atoms with Crippen LogP contribution in [0.2, 0.25) is 0 Å². The van der Waals surface area contributed by atoms with Crippen molar-refractivity contribution < 1.29 is 21.9 Å². The Morgan fingerprint density at radius 1 is 1.24 bits per heavy atom. The summed E-state index contributed by atoms with van der Waals surface area (Å²) in [5.41, 5.74) is 5.19. The van der Waals surface area contributed by atoms with Gasteiger partial charge in [0.2, 0.25) is 5.88 Å². The maximum Gasteiger partial charge on any atom is 0.232 e. The highest BCUT2D eigenvalue weighted by molar-refractivity contribution is 7.93. The number of halogens is 2. The Labute approximate surface area is 194 Å². The lowest BCUT2D eigenvalue weighted by Crippen LogP contribution is -2.62. The maximum atomic E-state index is 15.0. The zero-order valence-electron chi connectivity index (χ0n) is 18.3. The number of fused-ring (bicyclic) bond motifs is 1. The Balaban J connectivity index is 1.57. The third-order valence-corrected chi connectivity index (χ3v) is 9.25. The number of methoxy groups -OCH3 is 1. The molecule has 12 heteroatoms. The van der Waals surface area contributed by atoms with E-state index in [1.165, 1.54) is 31.6 Å². The number of nitrogens with zero attached hydrogens (tertiary/aromatic N) is 4. The zero-order valence-corrected chi connectivity index (χ0v) is 19.1. The third kappa shape index (κ3) is 3.27. The Morgan fingerprint density at radius 3 is 2.68 bits per heavy atom. The molecule has 1 aliphatic carbocycles. The molecular formula is C22H22F2N6O3S. The van der Waals surface area contributed by atoms with E-state index in [9.17, 15) is 17.2 Å². The van der Waals surface area contributed by atoms with Crippen LogP contribution in [0.4, 0.5) is 20.3 Å².